The number of hydrogen-bond acceptors (Lipinski definition) is 5. The van der Waals surface area contributed by atoms with Crippen molar-refractivity contribution in [2.45, 2.75) is 65.0 Å². The highest BCUT2D eigenvalue weighted by molar-refractivity contribution is 4.69. The SMILES string of the molecule is CCCOC(C)COCC(OC(C)CO)C(O)CC. The van der Waals surface area contributed by atoms with Crippen LogP contribution in [0, 0.1) is 0 Å². The van der Waals surface area contributed by atoms with Crippen LogP contribution >= 0.6 is 0 Å². The van der Waals surface area contributed by atoms with Crippen LogP contribution in [0.1, 0.15) is 40.5 Å². The first-order chi connectivity index (χ1) is 9.04. The van der Waals surface area contributed by atoms with E-state index in [1.54, 1.807) is 6.92 Å². The molecule has 4 unspecified atom stereocenters. The van der Waals surface area contributed by atoms with E-state index in [1.807, 2.05) is 13.8 Å². The third-order valence-corrected chi connectivity index (χ3v) is 2.75. The smallest absolute Gasteiger partial charge is 0.107 e. The van der Waals surface area contributed by atoms with Crippen LogP contribution in [-0.2, 0) is 14.2 Å². The lowest BCUT2D eigenvalue weighted by molar-refractivity contribution is -0.123. The molecule has 0 radical (unpaired) electrons. The fraction of sp³-hybridized carbons (Fsp3) is 1.00. The highest BCUT2D eigenvalue weighted by Crippen LogP contribution is 2.08. The largest absolute Gasteiger partial charge is 0.394 e. The maximum atomic E-state index is 9.85. The van der Waals surface area contributed by atoms with Crippen molar-refractivity contribution in [1.29, 1.82) is 0 Å². The first kappa shape index (κ1) is 18.8. The van der Waals surface area contributed by atoms with E-state index in [0.717, 1.165) is 13.0 Å². The Hall–Kier alpha value is -0.200. The lowest BCUT2D eigenvalue weighted by atomic mass is 10.1. The first-order valence-electron chi connectivity index (χ1n) is 7.18. The normalized spacial score (nSPS) is 18.0. The van der Waals surface area contributed by atoms with E-state index < -0.39 is 12.2 Å². The molecule has 0 saturated carbocycles. The number of aliphatic hydroxyl groups excluding tert-OH is 2. The minimum Gasteiger partial charge on any atom is -0.394 e. The molecule has 2 N–H and O–H groups in total. The summed E-state index contributed by atoms with van der Waals surface area (Å²) in [6.07, 6.45) is 0.316. The van der Waals surface area contributed by atoms with Crippen LogP contribution in [0.25, 0.3) is 0 Å². The molecule has 0 bridgehead atoms. The van der Waals surface area contributed by atoms with Gasteiger partial charge in [0.1, 0.15) is 6.10 Å². The molecule has 5 nitrogen and oxygen atoms in total. The van der Waals surface area contributed by atoms with E-state index >= 15 is 0 Å². The zero-order valence-corrected chi connectivity index (χ0v) is 12.7. The molecule has 0 fully saturated rings. The second kappa shape index (κ2) is 11.6. The monoisotopic (exact) mass is 278 g/mol. The molecule has 5 heteroatoms. The van der Waals surface area contributed by atoms with E-state index in [-0.39, 0.29) is 18.8 Å². The van der Waals surface area contributed by atoms with Gasteiger partial charge in [0, 0.05) is 6.61 Å². The van der Waals surface area contributed by atoms with Gasteiger partial charge in [0.05, 0.1) is 38.1 Å². The molecule has 0 aliphatic carbocycles. The van der Waals surface area contributed by atoms with E-state index in [1.165, 1.54) is 0 Å². The molecule has 0 saturated heterocycles. The molecule has 116 valence electrons. The van der Waals surface area contributed by atoms with Gasteiger partial charge in [-0.1, -0.05) is 13.8 Å². The molecule has 19 heavy (non-hydrogen) atoms. The second-order valence-electron chi connectivity index (χ2n) is 4.86. The van der Waals surface area contributed by atoms with Crippen molar-refractivity contribution in [3.63, 3.8) is 0 Å². The lowest BCUT2D eigenvalue weighted by Gasteiger charge is -2.25. The summed E-state index contributed by atoms with van der Waals surface area (Å²) >= 11 is 0. The highest BCUT2D eigenvalue weighted by Gasteiger charge is 2.21. The van der Waals surface area contributed by atoms with Crippen molar-refractivity contribution < 1.29 is 24.4 Å². The number of hydrogen-bond donors (Lipinski definition) is 2. The van der Waals surface area contributed by atoms with Gasteiger partial charge in [-0.15, -0.1) is 0 Å². The van der Waals surface area contributed by atoms with Gasteiger partial charge in [0.25, 0.3) is 0 Å². The molecule has 0 heterocycles. The second-order valence-corrected chi connectivity index (χ2v) is 4.86. The molecule has 4 atom stereocenters. The van der Waals surface area contributed by atoms with E-state index in [9.17, 15) is 5.11 Å². The molecular formula is C14H30O5. The molecule has 0 aromatic carbocycles. The minimum atomic E-state index is -0.583. The maximum absolute atomic E-state index is 9.85. The minimum absolute atomic E-state index is 0.0367. The summed E-state index contributed by atoms with van der Waals surface area (Å²) in [7, 11) is 0. The third kappa shape index (κ3) is 9.35. The van der Waals surface area contributed by atoms with Crippen LogP contribution in [0.3, 0.4) is 0 Å². The van der Waals surface area contributed by atoms with Crippen molar-refractivity contribution in [3.05, 3.63) is 0 Å². The zero-order valence-electron chi connectivity index (χ0n) is 12.7. The molecule has 0 aliphatic heterocycles. The highest BCUT2D eigenvalue weighted by atomic mass is 16.6. The summed E-state index contributed by atoms with van der Waals surface area (Å²) in [5.74, 6) is 0. The van der Waals surface area contributed by atoms with E-state index in [2.05, 4.69) is 6.92 Å². The Morgan fingerprint density at radius 2 is 1.74 bits per heavy atom. The fourth-order valence-corrected chi connectivity index (χ4v) is 1.56. The molecular weight excluding hydrogens is 248 g/mol. The predicted octanol–water partition coefficient (Wildman–Crippen LogP) is 1.35. The van der Waals surface area contributed by atoms with Crippen LogP contribution in [0.2, 0.25) is 0 Å². The fourth-order valence-electron chi connectivity index (χ4n) is 1.56. The van der Waals surface area contributed by atoms with Gasteiger partial charge >= 0.3 is 0 Å². The Labute approximate surface area is 116 Å². The lowest BCUT2D eigenvalue weighted by Crippen LogP contribution is -2.37. The summed E-state index contributed by atoms with van der Waals surface area (Å²) in [4.78, 5) is 0. The Balaban J connectivity index is 3.98. The van der Waals surface area contributed by atoms with Crippen molar-refractivity contribution in [3.8, 4) is 0 Å². The summed E-state index contributed by atoms with van der Waals surface area (Å²) in [6, 6.07) is 0. The van der Waals surface area contributed by atoms with Crippen molar-refractivity contribution in [2.24, 2.45) is 0 Å². The standard InChI is InChI=1S/C14H30O5/c1-5-7-18-12(4)9-17-10-14(13(16)6-2)19-11(3)8-15/h11-16H,5-10H2,1-4H3. The summed E-state index contributed by atoms with van der Waals surface area (Å²) in [5, 5.41) is 18.8. The summed E-state index contributed by atoms with van der Waals surface area (Å²) in [5.41, 5.74) is 0. The van der Waals surface area contributed by atoms with Gasteiger partial charge in [0.2, 0.25) is 0 Å². The molecule has 0 spiro atoms. The number of rotatable bonds is 12. The van der Waals surface area contributed by atoms with Gasteiger partial charge in [-0.05, 0) is 26.7 Å². The van der Waals surface area contributed by atoms with Crippen LogP contribution < -0.4 is 0 Å². The van der Waals surface area contributed by atoms with Gasteiger partial charge in [-0.25, -0.2) is 0 Å². The quantitative estimate of drug-likeness (QED) is 0.564. The van der Waals surface area contributed by atoms with E-state index in [4.69, 9.17) is 19.3 Å². The van der Waals surface area contributed by atoms with Crippen LogP contribution in [0.5, 0.6) is 0 Å². The van der Waals surface area contributed by atoms with Crippen molar-refractivity contribution in [2.75, 3.05) is 26.4 Å². The van der Waals surface area contributed by atoms with Gasteiger partial charge in [0.15, 0.2) is 0 Å². The maximum Gasteiger partial charge on any atom is 0.107 e. The Bertz CT molecular complexity index is 200. The first-order valence-corrected chi connectivity index (χ1v) is 7.18. The Kier molecular flexibility index (Phi) is 11.5. The Morgan fingerprint density at radius 1 is 1.05 bits per heavy atom. The third-order valence-electron chi connectivity index (χ3n) is 2.75. The summed E-state index contributed by atoms with van der Waals surface area (Å²) < 4.78 is 16.6. The van der Waals surface area contributed by atoms with Crippen molar-refractivity contribution in [1.82, 2.24) is 0 Å². The van der Waals surface area contributed by atoms with Gasteiger partial charge in [-0.2, -0.15) is 0 Å². The topological polar surface area (TPSA) is 68.2 Å². The average Bonchev–Trinajstić information content (AvgIpc) is 2.42. The van der Waals surface area contributed by atoms with Crippen LogP contribution in [0.4, 0.5) is 0 Å². The van der Waals surface area contributed by atoms with Crippen LogP contribution in [-0.4, -0.2) is 61.1 Å². The molecule has 0 aromatic heterocycles. The summed E-state index contributed by atoms with van der Waals surface area (Å²) in [6.45, 7) is 9.11. The molecule has 0 rings (SSSR count). The Morgan fingerprint density at radius 3 is 2.26 bits per heavy atom. The predicted molar refractivity (Wildman–Crippen MR) is 74.2 cm³/mol. The molecule has 0 aromatic rings. The number of aliphatic hydroxyl groups is 2. The zero-order chi connectivity index (χ0) is 14.7. The molecule has 0 amide bonds. The number of ether oxygens (including phenoxy) is 3. The van der Waals surface area contributed by atoms with Crippen molar-refractivity contribution >= 4 is 0 Å². The van der Waals surface area contributed by atoms with Crippen LogP contribution in [0.15, 0.2) is 0 Å². The van der Waals surface area contributed by atoms with Gasteiger partial charge < -0.3 is 24.4 Å². The molecule has 0 aliphatic rings. The van der Waals surface area contributed by atoms with Gasteiger partial charge in [-0.3, -0.25) is 0 Å². The van der Waals surface area contributed by atoms with E-state index in [0.29, 0.717) is 19.6 Å². The average molecular weight is 278 g/mol.